The van der Waals surface area contributed by atoms with Crippen molar-refractivity contribution in [3.8, 4) is 44.5 Å². The molecule has 2 aliphatic rings. The molecule has 0 saturated carbocycles. The summed E-state index contributed by atoms with van der Waals surface area (Å²) in [4.78, 5) is 0. The molecular weight excluding hydrogens is 633 g/mol. The van der Waals surface area contributed by atoms with Crippen LogP contribution in [0.2, 0.25) is 0 Å². The van der Waals surface area contributed by atoms with Gasteiger partial charge in [0.05, 0.1) is 13.2 Å². The van der Waals surface area contributed by atoms with E-state index in [1.165, 1.54) is 99.4 Å². The van der Waals surface area contributed by atoms with Gasteiger partial charge < -0.3 is 10.2 Å². The van der Waals surface area contributed by atoms with E-state index in [-0.39, 0.29) is 35.9 Å². The Balaban J connectivity index is 1.66. The van der Waals surface area contributed by atoms with Crippen LogP contribution in [-0.4, -0.2) is 23.4 Å². The van der Waals surface area contributed by atoms with Gasteiger partial charge in [-0.25, -0.2) is 0 Å². The van der Waals surface area contributed by atoms with Crippen LogP contribution >= 0.6 is 0 Å². The van der Waals surface area contributed by atoms with Gasteiger partial charge in [-0.2, -0.15) is 0 Å². The zero-order valence-electron chi connectivity index (χ0n) is 31.0. The number of hydrogen-bond donors (Lipinski definition) is 2. The Kier molecular flexibility index (Phi) is 7.42. The molecule has 0 unspecified atom stereocenters. The average molecular weight is 679 g/mol. The Morgan fingerprint density at radius 1 is 0.423 bits per heavy atom. The SMILES string of the molecule is CC(C)(C)c1c2c(c(-c3ccccc3)c3c1ccc1c(C(C)(C)C)c4c(c(-c5ccccc5)c13)-c1ccccc1[C@H]4CO)-c1ccccc1[C@H]2CO. The van der Waals surface area contributed by atoms with Crippen LogP contribution in [-0.2, 0) is 10.8 Å². The fraction of sp³-hybridized carbons (Fsp3) is 0.240. The monoisotopic (exact) mass is 678 g/mol. The van der Waals surface area contributed by atoms with Crippen molar-refractivity contribution < 1.29 is 10.2 Å². The van der Waals surface area contributed by atoms with E-state index in [0.717, 1.165) is 0 Å². The molecule has 52 heavy (non-hydrogen) atoms. The maximum atomic E-state index is 11.2. The molecule has 7 aromatic carbocycles. The summed E-state index contributed by atoms with van der Waals surface area (Å²) in [5, 5.41) is 27.4. The van der Waals surface area contributed by atoms with Crippen molar-refractivity contribution in [3.05, 3.63) is 155 Å². The largest absolute Gasteiger partial charge is 0.395 e. The molecule has 0 heterocycles. The molecule has 0 saturated heterocycles. The average Bonchev–Trinajstić information content (AvgIpc) is 3.64. The fourth-order valence-corrected chi connectivity index (χ4v) is 10.0. The summed E-state index contributed by atoms with van der Waals surface area (Å²) in [5.74, 6) is -0.224. The minimum absolute atomic E-state index is 0.0523. The van der Waals surface area contributed by atoms with Crippen LogP contribution in [0.1, 0.15) is 86.8 Å². The lowest BCUT2D eigenvalue weighted by molar-refractivity contribution is 0.281. The summed E-state index contributed by atoms with van der Waals surface area (Å²) < 4.78 is 0. The molecule has 2 nitrogen and oxygen atoms in total. The van der Waals surface area contributed by atoms with E-state index in [1.54, 1.807) is 0 Å². The van der Waals surface area contributed by atoms with E-state index in [0.29, 0.717) is 0 Å². The molecule has 2 atom stereocenters. The number of rotatable bonds is 4. The number of fused-ring (bicyclic) bond motifs is 9. The van der Waals surface area contributed by atoms with Crippen LogP contribution in [0.5, 0.6) is 0 Å². The predicted octanol–water partition coefficient (Wildman–Crippen LogP) is 12.1. The lowest BCUT2D eigenvalue weighted by atomic mass is 9.70. The second-order valence-corrected chi connectivity index (χ2v) is 16.9. The van der Waals surface area contributed by atoms with Gasteiger partial charge in [0.1, 0.15) is 0 Å². The second-order valence-electron chi connectivity index (χ2n) is 16.9. The normalized spacial score (nSPS) is 16.2. The van der Waals surface area contributed by atoms with Gasteiger partial charge in [-0.15, -0.1) is 0 Å². The van der Waals surface area contributed by atoms with Crippen molar-refractivity contribution in [2.45, 2.75) is 64.2 Å². The van der Waals surface area contributed by atoms with Gasteiger partial charge >= 0.3 is 0 Å². The molecule has 9 rings (SSSR count). The van der Waals surface area contributed by atoms with Gasteiger partial charge in [0.2, 0.25) is 0 Å². The first-order valence-corrected chi connectivity index (χ1v) is 18.7. The quantitative estimate of drug-likeness (QED) is 0.182. The summed E-state index contributed by atoms with van der Waals surface area (Å²) in [6, 6.07) is 44.1. The predicted molar refractivity (Wildman–Crippen MR) is 218 cm³/mol. The standard InChI is InChI=1S/C50H46O2/c1-49(2,3)47-35-25-26-36-44(43(35)39(29-17-9-7-10-18-29)41-33-23-15-13-21-31(33)37(27-51)45(41)47)40(30-19-11-8-12-20-30)42-34-24-16-14-22-32(34)38(28-52)46(42)48(36)50(4,5)6/h7-26,37-38,51-52H,27-28H2,1-6H3/t37-,38-/m1/s1. The third-order valence-corrected chi connectivity index (χ3v) is 11.7. The van der Waals surface area contributed by atoms with Crippen molar-refractivity contribution in [1.29, 1.82) is 0 Å². The minimum Gasteiger partial charge on any atom is -0.395 e. The van der Waals surface area contributed by atoms with E-state index in [2.05, 4.69) is 163 Å². The molecule has 0 bridgehead atoms. The highest BCUT2D eigenvalue weighted by atomic mass is 16.3. The van der Waals surface area contributed by atoms with E-state index < -0.39 is 0 Å². The fourth-order valence-electron chi connectivity index (χ4n) is 10.0. The summed E-state index contributed by atoms with van der Waals surface area (Å²) in [7, 11) is 0. The van der Waals surface area contributed by atoms with E-state index in [1.807, 2.05) is 0 Å². The van der Waals surface area contributed by atoms with Gasteiger partial charge in [0.25, 0.3) is 0 Å². The van der Waals surface area contributed by atoms with E-state index >= 15 is 0 Å². The first-order chi connectivity index (χ1) is 25.1. The molecule has 258 valence electrons. The number of benzene rings is 7. The topological polar surface area (TPSA) is 40.5 Å². The molecule has 0 spiro atoms. The Hall–Kier alpha value is -5.02. The van der Waals surface area contributed by atoms with Crippen LogP contribution in [0, 0.1) is 0 Å². The zero-order valence-corrected chi connectivity index (χ0v) is 31.0. The Bertz CT molecular complexity index is 2370. The molecule has 0 amide bonds. The number of aliphatic hydroxyl groups excluding tert-OH is 2. The van der Waals surface area contributed by atoms with Crippen LogP contribution in [0.15, 0.2) is 121 Å². The molecule has 0 fully saturated rings. The van der Waals surface area contributed by atoms with Crippen molar-refractivity contribution in [1.82, 2.24) is 0 Å². The molecule has 0 aliphatic heterocycles. The Morgan fingerprint density at radius 3 is 1.12 bits per heavy atom. The van der Waals surface area contributed by atoms with Crippen molar-refractivity contribution >= 4 is 21.5 Å². The Labute approximate surface area is 307 Å². The highest BCUT2D eigenvalue weighted by molar-refractivity contribution is 6.27. The molecule has 7 aromatic rings. The van der Waals surface area contributed by atoms with Crippen LogP contribution in [0.25, 0.3) is 66.1 Å². The van der Waals surface area contributed by atoms with Gasteiger partial charge in [0, 0.05) is 11.8 Å². The second kappa shape index (κ2) is 11.7. The maximum Gasteiger partial charge on any atom is 0.0541 e. The third kappa shape index (κ3) is 4.57. The zero-order chi connectivity index (χ0) is 36.1. The summed E-state index contributed by atoms with van der Waals surface area (Å²) >= 11 is 0. The summed E-state index contributed by atoms with van der Waals surface area (Å²) in [6.07, 6.45) is 0. The van der Waals surface area contributed by atoms with Crippen LogP contribution in [0.4, 0.5) is 0 Å². The molecule has 2 N–H and O–H groups in total. The first kappa shape index (κ1) is 32.9. The molecule has 2 aliphatic carbocycles. The third-order valence-electron chi connectivity index (χ3n) is 11.7. The summed E-state index contributed by atoms with van der Waals surface area (Å²) in [6.45, 7) is 14.1. The maximum absolute atomic E-state index is 11.2. The highest BCUT2D eigenvalue weighted by Crippen LogP contribution is 2.61. The van der Waals surface area contributed by atoms with Gasteiger partial charge in [-0.1, -0.05) is 163 Å². The van der Waals surface area contributed by atoms with Crippen molar-refractivity contribution in [2.75, 3.05) is 13.2 Å². The van der Waals surface area contributed by atoms with Crippen molar-refractivity contribution in [3.63, 3.8) is 0 Å². The van der Waals surface area contributed by atoms with Gasteiger partial charge in [-0.05, 0) is 110 Å². The lowest BCUT2D eigenvalue weighted by Crippen LogP contribution is -2.19. The van der Waals surface area contributed by atoms with E-state index in [4.69, 9.17) is 0 Å². The minimum atomic E-state index is -0.216. The van der Waals surface area contributed by atoms with Crippen LogP contribution in [0.3, 0.4) is 0 Å². The Morgan fingerprint density at radius 2 is 0.769 bits per heavy atom. The van der Waals surface area contributed by atoms with Crippen molar-refractivity contribution in [2.24, 2.45) is 0 Å². The lowest BCUT2D eigenvalue weighted by Gasteiger charge is -2.33. The van der Waals surface area contributed by atoms with E-state index in [9.17, 15) is 10.2 Å². The molecular formula is C50H46O2. The summed E-state index contributed by atoms with van der Waals surface area (Å²) in [5.41, 5.74) is 16.8. The van der Waals surface area contributed by atoms with Crippen LogP contribution < -0.4 is 0 Å². The first-order valence-electron chi connectivity index (χ1n) is 18.7. The smallest absolute Gasteiger partial charge is 0.0541 e. The number of aliphatic hydroxyl groups is 2. The van der Waals surface area contributed by atoms with Gasteiger partial charge in [-0.3, -0.25) is 0 Å². The molecule has 2 heteroatoms. The number of hydrogen-bond acceptors (Lipinski definition) is 2. The van der Waals surface area contributed by atoms with Gasteiger partial charge in [0.15, 0.2) is 0 Å². The highest BCUT2D eigenvalue weighted by Gasteiger charge is 2.41. The molecule has 0 radical (unpaired) electrons. The molecule has 0 aromatic heterocycles.